The predicted molar refractivity (Wildman–Crippen MR) is 88.8 cm³/mol. The molecule has 128 valence electrons. The van der Waals surface area contributed by atoms with Crippen molar-refractivity contribution in [3.63, 3.8) is 0 Å². The van der Waals surface area contributed by atoms with Crippen LogP contribution in [0, 0.1) is 16.0 Å². The highest BCUT2D eigenvalue weighted by atomic mass is 79.9. The molecule has 1 aromatic rings. The number of benzene rings is 1. The quantitative estimate of drug-likeness (QED) is 0.624. The number of non-ortho nitro benzene ring substituents is 1. The highest BCUT2D eigenvalue weighted by molar-refractivity contribution is 9.10. The van der Waals surface area contributed by atoms with Gasteiger partial charge in [0.1, 0.15) is 6.04 Å². The lowest BCUT2D eigenvalue weighted by atomic mass is 9.84. The van der Waals surface area contributed by atoms with Gasteiger partial charge in [0.2, 0.25) is 0 Å². The molecule has 1 aliphatic carbocycles. The topological polar surface area (TPSA) is 101 Å². The van der Waals surface area contributed by atoms with Crippen LogP contribution >= 0.6 is 15.9 Å². The van der Waals surface area contributed by atoms with Gasteiger partial charge in [0.15, 0.2) is 0 Å². The van der Waals surface area contributed by atoms with Crippen LogP contribution in [0.1, 0.15) is 42.5 Å². The number of carboxylic acid groups (broad SMARTS) is 1. The number of carboxylic acids is 1. The minimum absolute atomic E-state index is 0.0607. The fourth-order valence-electron chi connectivity index (χ4n) is 3.90. The Balaban J connectivity index is 1.94. The molecule has 3 unspecified atom stereocenters. The Morgan fingerprint density at radius 1 is 1.29 bits per heavy atom. The van der Waals surface area contributed by atoms with Gasteiger partial charge in [0.05, 0.1) is 10.5 Å². The number of carbonyl (C=O) groups is 2. The minimum Gasteiger partial charge on any atom is -0.480 e. The molecule has 8 heteroatoms. The second-order valence-corrected chi connectivity index (χ2v) is 7.19. The zero-order chi connectivity index (χ0) is 17.4. The number of halogens is 1. The first kappa shape index (κ1) is 16.9. The zero-order valence-electron chi connectivity index (χ0n) is 12.9. The van der Waals surface area contributed by atoms with E-state index in [1.54, 1.807) is 0 Å². The van der Waals surface area contributed by atoms with E-state index in [0.29, 0.717) is 10.9 Å². The fourth-order valence-corrected chi connectivity index (χ4v) is 4.44. The number of amides is 1. The lowest BCUT2D eigenvalue weighted by molar-refractivity contribution is -0.384. The molecule has 1 saturated heterocycles. The lowest BCUT2D eigenvalue weighted by Crippen LogP contribution is -2.46. The second kappa shape index (κ2) is 6.51. The molecule has 1 saturated carbocycles. The summed E-state index contributed by atoms with van der Waals surface area (Å²) in [5.74, 6) is -1.14. The van der Waals surface area contributed by atoms with Crippen LogP contribution in [0.3, 0.4) is 0 Å². The van der Waals surface area contributed by atoms with Gasteiger partial charge in [-0.05, 0) is 47.2 Å². The SMILES string of the molecule is O=C(O)C1CC2CCCCC2N1C(=O)c1ccc([N+](=O)[O-])cc1Br. The number of nitro benzene ring substituents is 1. The van der Waals surface area contributed by atoms with E-state index in [1.807, 2.05) is 0 Å². The number of likely N-dealkylation sites (tertiary alicyclic amines) is 1. The van der Waals surface area contributed by atoms with Crippen LogP contribution in [-0.4, -0.2) is 38.9 Å². The Labute approximate surface area is 146 Å². The molecule has 1 aliphatic heterocycles. The third-order valence-corrected chi connectivity index (χ3v) is 5.66. The summed E-state index contributed by atoms with van der Waals surface area (Å²) in [6, 6.07) is 3.04. The maximum atomic E-state index is 13.0. The lowest BCUT2D eigenvalue weighted by Gasteiger charge is -2.33. The number of carbonyl (C=O) groups excluding carboxylic acids is 1. The van der Waals surface area contributed by atoms with Gasteiger partial charge in [-0.1, -0.05) is 12.8 Å². The summed E-state index contributed by atoms with van der Waals surface area (Å²) < 4.78 is 0.310. The van der Waals surface area contributed by atoms with Gasteiger partial charge in [-0.3, -0.25) is 14.9 Å². The van der Waals surface area contributed by atoms with Crippen LogP contribution in [-0.2, 0) is 4.79 Å². The standard InChI is InChI=1S/C16H17BrN2O5/c17-12-8-10(19(23)24)5-6-11(12)15(20)18-13-4-2-1-3-9(13)7-14(18)16(21)22/h5-6,8-9,13-14H,1-4,7H2,(H,21,22). The summed E-state index contributed by atoms with van der Waals surface area (Å²) in [6.45, 7) is 0. The summed E-state index contributed by atoms with van der Waals surface area (Å²) in [7, 11) is 0. The molecule has 2 fully saturated rings. The summed E-state index contributed by atoms with van der Waals surface area (Å²) in [5, 5.41) is 20.3. The average Bonchev–Trinajstić information content (AvgIpc) is 2.93. The highest BCUT2D eigenvalue weighted by Crippen LogP contribution is 2.41. The molecular formula is C16H17BrN2O5. The van der Waals surface area contributed by atoms with Crippen molar-refractivity contribution in [2.45, 2.75) is 44.2 Å². The van der Waals surface area contributed by atoms with Crippen molar-refractivity contribution in [3.8, 4) is 0 Å². The van der Waals surface area contributed by atoms with Gasteiger partial charge >= 0.3 is 5.97 Å². The van der Waals surface area contributed by atoms with Crippen molar-refractivity contribution in [2.75, 3.05) is 0 Å². The summed E-state index contributed by atoms with van der Waals surface area (Å²) >= 11 is 3.21. The van der Waals surface area contributed by atoms with Gasteiger partial charge in [-0.25, -0.2) is 4.79 Å². The van der Waals surface area contributed by atoms with E-state index in [9.17, 15) is 24.8 Å². The molecule has 0 spiro atoms. The van der Waals surface area contributed by atoms with Crippen molar-refractivity contribution >= 4 is 33.5 Å². The van der Waals surface area contributed by atoms with E-state index in [-0.39, 0.29) is 29.1 Å². The van der Waals surface area contributed by atoms with E-state index >= 15 is 0 Å². The third-order valence-electron chi connectivity index (χ3n) is 5.00. The summed E-state index contributed by atoms with van der Waals surface area (Å²) in [5.41, 5.74) is 0.142. The number of nitrogens with zero attached hydrogens (tertiary/aromatic N) is 2. The fraction of sp³-hybridized carbons (Fsp3) is 0.500. The first-order chi connectivity index (χ1) is 11.4. The zero-order valence-corrected chi connectivity index (χ0v) is 14.4. The molecule has 24 heavy (non-hydrogen) atoms. The maximum Gasteiger partial charge on any atom is 0.326 e. The Bertz CT molecular complexity index is 708. The van der Waals surface area contributed by atoms with Crippen LogP contribution in [0.2, 0.25) is 0 Å². The molecule has 1 N–H and O–H groups in total. The number of rotatable bonds is 3. The molecule has 3 rings (SSSR count). The normalized spacial score (nSPS) is 26.0. The van der Waals surface area contributed by atoms with Crippen LogP contribution in [0.15, 0.2) is 22.7 Å². The van der Waals surface area contributed by atoms with Gasteiger partial charge in [-0.2, -0.15) is 0 Å². The van der Waals surface area contributed by atoms with Crippen molar-refractivity contribution in [2.24, 2.45) is 5.92 Å². The average molecular weight is 397 g/mol. The van der Waals surface area contributed by atoms with Crippen molar-refractivity contribution in [1.82, 2.24) is 4.90 Å². The molecule has 3 atom stereocenters. The smallest absolute Gasteiger partial charge is 0.326 e. The molecule has 0 bridgehead atoms. The second-order valence-electron chi connectivity index (χ2n) is 6.34. The van der Waals surface area contributed by atoms with E-state index < -0.39 is 16.9 Å². The van der Waals surface area contributed by atoms with Crippen LogP contribution < -0.4 is 0 Å². The maximum absolute atomic E-state index is 13.0. The van der Waals surface area contributed by atoms with Gasteiger partial charge in [0, 0.05) is 22.6 Å². The van der Waals surface area contributed by atoms with Gasteiger partial charge < -0.3 is 10.0 Å². The largest absolute Gasteiger partial charge is 0.480 e. The van der Waals surface area contributed by atoms with E-state index in [4.69, 9.17) is 0 Å². The number of hydrogen-bond acceptors (Lipinski definition) is 4. The van der Waals surface area contributed by atoms with E-state index in [2.05, 4.69) is 15.9 Å². The Hall–Kier alpha value is -1.96. The van der Waals surface area contributed by atoms with Crippen LogP contribution in [0.4, 0.5) is 5.69 Å². The molecule has 1 heterocycles. The minimum atomic E-state index is -0.990. The van der Waals surface area contributed by atoms with Crippen molar-refractivity contribution in [3.05, 3.63) is 38.3 Å². The molecule has 0 aromatic heterocycles. The van der Waals surface area contributed by atoms with Crippen LogP contribution in [0.5, 0.6) is 0 Å². The molecular weight excluding hydrogens is 380 g/mol. The first-order valence-electron chi connectivity index (χ1n) is 7.89. The molecule has 2 aliphatic rings. The first-order valence-corrected chi connectivity index (χ1v) is 8.69. The Morgan fingerprint density at radius 2 is 2.00 bits per heavy atom. The monoisotopic (exact) mass is 396 g/mol. The van der Waals surface area contributed by atoms with Crippen molar-refractivity contribution < 1.29 is 19.6 Å². The highest BCUT2D eigenvalue weighted by Gasteiger charge is 2.47. The molecule has 0 radical (unpaired) electrons. The Kier molecular flexibility index (Phi) is 4.58. The van der Waals surface area contributed by atoms with Crippen LogP contribution in [0.25, 0.3) is 0 Å². The number of aliphatic carboxylic acids is 1. The molecule has 7 nitrogen and oxygen atoms in total. The van der Waals surface area contributed by atoms with E-state index in [1.165, 1.54) is 23.1 Å². The summed E-state index contributed by atoms with van der Waals surface area (Å²) in [6.07, 6.45) is 4.29. The number of hydrogen-bond donors (Lipinski definition) is 1. The number of nitro groups is 1. The molecule has 1 aromatic carbocycles. The van der Waals surface area contributed by atoms with Gasteiger partial charge in [-0.15, -0.1) is 0 Å². The summed E-state index contributed by atoms with van der Waals surface area (Å²) in [4.78, 5) is 36.4. The Morgan fingerprint density at radius 3 is 2.62 bits per heavy atom. The predicted octanol–water partition coefficient (Wildman–Crippen LogP) is 3.22. The van der Waals surface area contributed by atoms with E-state index in [0.717, 1.165) is 25.7 Å². The van der Waals surface area contributed by atoms with Gasteiger partial charge in [0.25, 0.3) is 11.6 Å². The third kappa shape index (κ3) is 2.90. The number of fused-ring (bicyclic) bond motifs is 1. The van der Waals surface area contributed by atoms with Crippen molar-refractivity contribution in [1.29, 1.82) is 0 Å². The molecule has 1 amide bonds.